The molecule has 228 valence electrons. The number of nitrogens with zero attached hydrogens (tertiary/aromatic N) is 10. The Morgan fingerprint density at radius 3 is 2.42 bits per heavy atom. The van der Waals surface area contributed by atoms with Crippen LogP contribution in [0.1, 0.15) is 16.1 Å². The number of methoxy groups -OCH3 is 1. The van der Waals surface area contributed by atoms with Crippen LogP contribution < -0.4 is 15.0 Å². The van der Waals surface area contributed by atoms with Gasteiger partial charge >= 0.3 is 0 Å². The van der Waals surface area contributed by atoms with Crippen molar-refractivity contribution in [3.05, 3.63) is 91.3 Å². The average Bonchev–Trinajstić information content (AvgIpc) is 3.81. The van der Waals surface area contributed by atoms with Gasteiger partial charge in [0.1, 0.15) is 11.5 Å². The number of ether oxygens (including phenoxy) is 1. The fourth-order valence-electron chi connectivity index (χ4n) is 5.67. The van der Waals surface area contributed by atoms with E-state index >= 15 is 0 Å². The molecule has 1 amide bonds. The summed E-state index contributed by atoms with van der Waals surface area (Å²) in [4.78, 5) is 31.1. The number of hydrogen-bond donors (Lipinski definition) is 1. The first kappa shape index (κ1) is 28.2. The number of carbonyl (C=O) groups is 1. The predicted octanol–water partition coefficient (Wildman–Crippen LogP) is 3.51. The second-order valence-electron chi connectivity index (χ2n) is 11.1. The Morgan fingerprint density at radius 2 is 1.76 bits per heavy atom. The van der Waals surface area contributed by atoms with E-state index in [-0.39, 0.29) is 5.91 Å². The molecule has 0 spiro atoms. The molecular weight excluding hydrogens is 570 g/mol. The number of rotatable bonds is 8. The molecule has 0 atom stereocenters. The number of imidazole rings is 1. The van der Waals surface area contributed by atoms with E-state index in [0.717, 1.165) is 66.3 Å². The number of carbonyl (C=O) groups excluding carboxylic acids is 1. The third-order valence-electron chi connectivity index (χ3n) is 8.12. The zero-order chi connectivity index (χ0) is 30.9. The Kier molecular flexibility index (Phi) is 7.43. The highest BCUT2D eigenvalue weighted by Crippen LogP contribution is 2.34. The fraction of sp³-hybridized carbons (Fsp3) is 0.250. The predicted molar refractivity (Wildman–Crippen MR) is 170 cm³/mol. The summed E-state index contributed by atoms with van der Waals surface area (Å²) in [5.41, 5.74) is 6.71. The number of aromatic nitrogens is 8. The van der Waals surface area contributed by atoms with Crippen LogP contribution in [0.3, 0.4) is 0 Å². The molecule has 13 heteroatoms. The van der Waals surface area contributed by atoms with Crippen LogP contribution >= 0.6 is 0 Å². The first-order chi connectivity index (χ1) is 21.9. The summed E-state index contributed by atoms with van der Waals surface area (Å²) < 4.78 is 10.4. The van der Waals surface area contributed by atoms with Crippen molar-refractivity contribution < 1.29 is 9.53 Å². The standard InChI is InChI=1S/C32H33N11O2/c1-39-21-33-17-28(39)32(44)38-27-16-37-43-20-24(25-15-36-40(2)19-25)12-26(31(27)43)23-5-6-29(34-14-23)42-10-8-41(9-11-42)18-22-4-7-30(45-3)35-13-22/h4-7,12-17,19-21H,8-11,18H2,1-3H3,(H,38,44). The van der Waals surface area contributed by atoms with Gasteiger partial charge in [-0.3, -0.25) is 14.4 Å². The Bertz CT molecular complexity index is 1950. The molecule has 1 aliphatic heterocycles. The summed E-state index contributed by atoms with van der Waals surface area (Å²) in [5, 5.41) is 12.0. The molecule has 1 N–H and O–H groups in total. The minimum Gasteiger partial charge on any atom is -0.481 e. The Labute approximate surface area is 259 Å². The second kappa shape index (κ2) is 11.8. The van der Waals surface area contributed by atoms with E-state index < -0.39 is 0 Å². The number of aryl methyl sites for hydroxylation is 2. The summed E-state index contributed by atoms with van der Waals surface area (Å²) in [5.74, 6) is 1.30. The average molecular weight is 604 g/mol. The molecule has 45 heavy (non-hydrogen) atoms. The van der Waals surface area contributed by atoms with Crippen molar-refractivity contribution in [1.29, 1.82) is 0 Å². The Morgan fingerprint density at radius 1 is 0.889 bits per heavy atom. The van der Waals surface area contributed by atoms with Gasteiger partial charge in [0.05, 0.1) is 43.2 Å². The maximum Gasteiger partial charge on any atom is 0.274 e. The molecule has 13 nitrogen and oxygen atoms in total. The Balaban J connectivity index is 1.14. The molecule has 1 aliphatic rings. The summed E-state index contributed by atoms with van der Waals surface area (Å²) in [6.07, 6.45) is 14.3. The van der Waals surface area contributed by atoms with E-state index in [1.807, 2.05) is 44.1 Å². The van der Waals surface area contributed by atoms with Crippen LogP contribution in [0.5, 0.6) is 5.88 Å². The lowest BCUT2D eigenvalue weighted by molar-refractivity contribution is 0.101. The van der Waals surface area contributed by atoms with Gasteiger partial charge in [-0.2, -0.15) is 10.2 Å². The van der Waals surface area contributed by atoms with Gasteiger partial charge in [-0.15, -0.1) is 0 Å². The highest BCUT2D eigenvalue weighted by atomic mass is 16.5. The number of anilines is 2. The largest absolute Gasteiger partial charge is 0.481 e. The molecule has 0 saturated carbocycles. The van der Waals surface area contributed by atoms with Gasteiger partial charge in [0.25, 0.3) is 5.91 Å². The van der Waals surface area contributed by atoms with Gasteiger partial charge in [-0.1, -0.05) is 6.07 Å². The van der Waals surface area contributed by atoms with Gasteiger partial charge in [-0.25, -0.2) is 19.5 Å². The van der Waals surface area contributed by atoms with E-state index in [2.05, 4.69) is 59.5 Å². The van der Waals surface area contributed by atoms with Gasteiger partial charge in [0.2, 0.25) is 5.88 Å². The van der Waals surface area contributed by atoms with Crippen LogP contribution in [0, 0.1) is 0 Å². The second-order valence-corrected chi connectivity index (χ2v) is 11.1. The molecule has 7 heterocycles. The molecule has 0 unspecified atom stereocenters. The maximum atomic E-state index is 13.1. The minimum absolute atomic E-state index is 0.261. The molecule has 0 bridgehead atoms. The highest BCUT2D eigenvalue weighted by Gasteiger charge is 2.21. The number of piperazine rings is 1. The van der Waals surface area contributed by atoms with Crippen molar-refractivity contribution in [2.45, 2.75) is 6.54 Å². The lowest BCUT2D eigenvalue weighted by atomic mass is 10.0. The van der Waals surface area contributed by atoms with Crippen LogP contribution in [0.2, 0.25) is 0 Å². The number of nitrogens with one attached hydrogen (secondary N) is 1. The van der Waals surface area contributed by atoms with Gasteiger partial charge in [0.15, 0.2) is 0 Å². The zero-order valence-corrected chi connectivity index (χ0v) is 25.3. The molecular formula is C32H33N11O2. The van der Waals surface area contributed by atoms with Crippen molar-refractivity contribution in [1.82, 2.24) is 43.8 Å². The topological polar surface area (TPSA) is 124 Å². The summed E-state index contributed by atoms with van der Waals surface area (Å²) in [6, 6.07) is 10.2. The highest BCUT2D eigenvalue weighted by molar-refractivity contribution is 6.07. The Hall–Kier alpha value is -5.56. The third kappa shape index (κ3) is 5.72. The van der Waals surface area contributed by atoms with Crippen molar-refractivity contribution in [2.24, 2.45) is 14.1 Å². The van der Waals surface area contributed by atoms with E-state index in [0.29, 0.717) is 17.3 Å². The van der Waals surface area contributed by atoms with E-state index in [1.165, 1.54) is 5.56 Å². The van der Waals surface area contributed by atoms with Crippen molar-refractivity contribution >= 4 is 22.9 Å². The zero-order valence-electron chi connectivity index (χ0n) is 25.3. The van der Waals surface area contributed by atoms with Crippen LogP contribution in [-0.2, 0) is 20.6 Å². The lowest BCUT2D eigenvalue weighted by Gasteiger charge is -2.35. The van der Waals surface area contributed by atoms with E-state index in [9.17, 15) is 4.79 Å². The molecule has 7 rings (SSSR count). The summed E-state index contributed by atoms with van der Waals surface area (Å²) in [7, 11) is 5.30. The SMILES string of the molecule is COc1ccc(CN2CCN(c3ccc(-c4cc(-c5cnn(C)c5)cn5ncc(NC(=O)c6cncn6C)c45)cn3)CC2)cn1. The molecule has 0 aromatic carbocycles. The first-order valence-electron chi connectivity index (χ1n) is 14.7. The molecule has 6 aromatic rings. The summed E-state index contributed by atoms with van der Waals surface area (Å²) >= 11 is 0. The van der Waals surface area contributed by atoms with E-state index in [1.54, 1.807) is 46.6 Å². The molecule has 1 fully saturated rings. The minimum atomic E-state index is -0.261. The number of amides is 1. The van der Waals surface area contributed by atoms with Crippen LogP contribution in [0.15, 0.2) is 80.0 Å². The van der Waals surface area contributed by atoms with Crippen LogP contribution in [0.4, 0.5) is 11.5 Å². The third-order valence-corrected chi connectivity index (χ3v) is 8.12. The van der Waals surface area contributed by atoms with Crippen LogP contribution in [-0.4, -0.2) is 83.0 Å². The van der Waals surface area contributed by atoms with Gasteiger partial charge < -0.3 is 19.5 Å². The smallest absolute Gasteiger partial charge is 0.274 e. The lowest BCUT2D eigenvalue weighted by Crippen LogP contribution is -2.46. The van der Waals surface area contributed by atoms with Crippen molar-refractivity contribution in [2.75, 3.05) is 43.5 Å². The van der Waals surface area contributed by atoms with Gasteiger partial charge in [-0.05, 0) is 23.8 Å². The summed E-state index contributed by atoms with van der Waals surface area (Å²) in [6.45, 7) is 4.47. The number of pyridine rings is 3. The van der Waals surface area contributed by atoms with Crippen molar-refractivity contribution in [3.63, 3.8) is 0 Å². The molecule has 0 aliphatic carbocycles. The molecule has 1 saturated heterocycles. The normalized spacial score (nSPS) is 13.8. The van der Waals surface area contributed by atoms with Gasteiger partial charge in [0, 0.05) is 99.9 Å². The molecule has 0 radical (unpaired) electrons. The number of fused-ring (bicyclic) bond motifs is 1. The van der Waals surface area contributed by atoms with E-state index in [4.69, 9.17) is 9.72 Å². The quantitative estimate of drug-likeness (QED) is 0.278. The maximum absolute atomic E-state index is 13.1. The number of hydrogen-bond acceptors (Lipinski definition) is 9. The monoisotopic (exact) mass is 603 g/mol. The van der Waals surface area contributed by atoms with Crippen molar-refractivity contribution in [3.8, 4) is 28.1 Å². The first-order valence-corrected chi connectivity index (χ1v) is 14.7. The van der Waals surface area contributed by atoms with Crippen LogP contribution in [0.25, 0.3) is 27.8 Å². The fourth-order valence-corrected chi connectivity index (χ4v) is 5.67. The molecule has 6 aromatic heterocycles.